The van der Waals surface area contributed by atoms with Crippen LogP contribution in [0.5, 0.6) is 0 Å². The lowest BCUT2D eigenvalue weighted by atomic mass is 9.84. The molecular weight excluding hydrogens is 342 g/mol. The molecule has 0 bridgehead atoms. The zero-order valence-corrected chi connectivity index (χ0v) is 15.7. The first kappa shape index (κ1) is 20.0. The Morgan fingerprint density at radius 2 is 2.32 bits per heavy atom. The van der Waals surface area contributed by atoms with Gasteiger partial charge in [0.15, 0.2) is 5.96 Å². The fourth-order valence-corrected chi connectivity index (χ4v) is 3.24. The SMILES string of the molecule is CN=C(NCC(OC)c1cccc(Cl)c1)NCC1(CCO)CCOC1. The van der Waals surface area contributed by atoms with Crippen molar-refractivity contribution >= 4 is 17.6 Å². The molecule has 2 atom stereocenters. The van der Waals surface area contributed by atoms with Gasteiger partial charge in [0.2, 0.25) is 0 Å². The highest BCUT2D eigenvalue weighted by molar-refractivity contribution is 6.30. The first-order valence-corrected chi connectivity index (χ1v) is 8.91. The average Bonchev–Trinajstić information content (AvgIpc) is 3.07. The Bertz CT molecular complexity index is 562. The lowest BCUT2D eigenvalue weighted by molar-refractivity contribution is 0.106. The van der Waals surface area contributed by atoms with Gasteiger partial charge in [-0.3, -0.25) is 4.99 Å². The Kier molecular flexibility index (Phi) is 7.96. The summed E-state index contributed by atoms with van der Waals surface area (Å²) in [6.07, 6.45) is 1.54. The van der Waals surface area contributed by atoms with Gasteiger partial charge in [0.1, 0.15) is 0 Å². The zero-order chi connectivity index (χ0) is 18.1. The van der Waals surface area contributed by atoms with Crippen LogP contribution in [-0.4, -0.2) is 58.1 Å². The Morgan fingerprint density at radius 1 is 1.48 bits per heavy atom. The van der Waals surface area contributed by atoms with Crippen molar-refractivity contribution in [1.82, 2.24) is 10.6 Å². The van der Waals surface area contributed by atoms with Crippen LogP contribution in [0.3, 0.4) is 0 Å². The third-order valence-corrected chi connectivity index (χ3v) is 4.88. The van der Waals surface area contributed by atoms with Crippen LogP contribution in [0.4, 0.5) is 0 Å². The monoisotopic (exact) mass is 369 g/mol. The number of aliphatic hydroxyl groups excluding tert-OH is 1. The molecule has 0 aliphatic carbocycles. The number of ether oxygens (including phenoxy) is 2. The smallest absolute Gasteiger partial charge is 0.191 e. The van der Waals surface area contributed by atoms with Crippen molar-refractivity contribution in [2.24, 2.45) is 10.4 Å². The van der Waals surface area contributed by atoms with E-state index in [1.807, 2.05) is 24.3 Å². The topological polar surface area (TPSA) is 75.1 Å². The van der Waals surface area contributed by atoms with E-state index >= 15 is 0 Å². The van der Waals surface area contributed by atoms with Crippen LogP contribution in [0.2, 0.25) is 5.02 Å². The second kappa shape index (κ2) is 9.97. The summed E-state index contributed by atoms with van der Waals surface area (Å²) in [4.78, 5) is 4.27. The minimum atomic E-state index is -0.126. The summed E-state index contributed by atoms with van der Waals surface area (Å²) in [7, 11) is 3.41. The molecule has 7 heteroatoms. The van der Waals surface area contributed by atoms with Gasteiger partial charge in [-0.15, -0.1) is 0 Å². The molecule has 1 aliphatic heterocycles. The maximum atomic E-state index is 9.31. The summed E-state index contributed by atoms with van der Waals surface area (Å²) >= 11 is 6.06. The summed E-state index contributed by atoms with van der Waals surface area (Å²) in [6, 6.07) is 7.65. The number of guanidine groups is 1. The van der Waals surface area contributed by atoms with Crippen LogP contribution in [0, 0.1) is 5.41 Å². The standard InChI is InChI=1S/C18H28ClN3O3/c1-20-17(22-12-18(6-8-23)7-9-25-13-18)21-11-16(24-2)14-4-3-5-15(19)10-14/h3-5,10,16,23H,6-9,11-13H2,1-2H3,(H2,20,21,22). The van der Waals surface area contributed by atoms with E-state index in [0.29, 0.717) is 30.7 Å². The van der Waals surface area contributed by atoms with Crippen molar-refractivity contribution in [3.8, 4) is 0 Å². The van der Waals surface area contributed by atoms with Gasteiger partial charge < -0.3 is 25.2 Å². The molecule has 0 amide bonds. The highest BCUT2D eigenvalue weighted by atomic mass is 35.5. The molecule has 0 aromatic heterocycles. The van der Waals surface area contributed by atoms with Crippen LogP contribution in [0.15, 0.2) is 29.3 Å². The van der Waals surface area contributed by atoms with Gasteiger partial charge in [0.05, 0.1) is 12.7 Å². The second-order valence-corrected chi connectivity index (χ2v) is 6.80. The number of aliphatic hydroxyl groups is 1. The third kappa shape index (κ3) is 5.85. The number of rotatable bonds is 8. The number of hydrogen-bond donors (Lipinski definition) is 3. The van der Waals surface area contributed by atoms with Crippen LogP contribution < -0.4 is 10.6 Å². The lowest BCUT2D eigenvalue weighted by Gasteiger charge is -2.28. The molecule has 2 unspecified atom stereocenters. The van der Waals surface area contributed by atoms with E-state index in [-0.39, 0.29) is 18.1 Å². The van der Waals surface area contributed by atoms with E-state index in [2.05, 4.69) is 15.6 Å². The van der Waals surface area contributed by atoms with Gasteiger partial charge in [0, 0.05) is 50.9 Å². The normalized spacial score (nSPS) is 22.0. The molecule has 25 heavy (non-hydrogen) atoms. The molecular formula is C18H28ClN3O3. The maximum absolute atomic E-state index is 9.31. The van der Waals surface area contributed by atoms with Crippen molar-refractivity contribution in [1.29, 1.82) is 0 Å². The van der Waals surface area contributed by atoms with Crippen molar-refractivity contribution < 1.29 is 14.6 Å². The lowest BCUT2D eigenvalue weighted by Crippen LogP contribution is -2.45. The molecule has 1 heterocycles. The third-order valence-electron chi connectivity index (χ3n) is 4.64. The van der Waals surface area contributed by atoms with Crippen molar-refractivity contribution in [3.05, 3.63) is 34.9 Å². The van der Waals surface area contributed by atoms with Gasteiger partial charge in [-0.2, -0.15) is 0 Å². The van der Waals surface area contributed by atoms with Crippen LogP contribution in [0.1, 0.15) is 24.5 Å². The Morgan fingerprint density at radius 3 is 2.92 bits per heavy atom. The summed E-state index contributed by atoms with van der Waals surface area (Å²) in [5, 5.41) is 16.6. The number of benzene rings is 1. The van der Waals surface area contributed by atoms with E-state index in [9.17, 15) is 5.11 Å². The first-order chi connectivity index (χ1) is 12.1. The fraction of sp³-hybridized carbons (Fsp3) is 0.611. The van der Waals surface area contributed by atoms with E-state index in [1.54, 1.807) is 14.2 Å². The number of aliphatic imine (C=N–C) groups is 1. The van der Waals surface area contributed by atoms with E-state index in [4.69, 9.17) is 21.1 Å². The number of nitrogens with one attached hydrogen (secondary N) is 2. The molecule has 0 saturated carbocycles. The van der Waals surface area contributed by atoms with Crippen LogP contribution in [-0.2, 0) is 9.47 Å². The first-order valence-electron chi connectivity index (χ1n) is 8.54. The molecule has 1 fully saturated rings. The molecule has 1 aliphatic rings. The molecule has 0 spiro atoms. The number of hydrogen-bond acceptors (Lipinski definition) is 4. The second-order valence-electron chi connectivity index (χ2n) is 6.36. The minimum Gasteiger partial charge on any atom is -0.396 e. The quantitative estimate of drug-likeness (QED) is 0.482. The molecule has 0 radical (unpaired) electrons. The Balaban J connectivity index is 1.88. The summed E-state index contributed by atoms with van der Waals surface area (Å²) in [5.41, 5.74) is 0.985. The average molecular weight is 370 g/mol. The van der Waals surface area contributed by atoms with Crippen molar-refractivity contribution in [3.63, 3.8) is 0 Å². The summed E-state index contributed by atoms with van der Waals surface area (Å²) in [6.45, 7) is 2.86. The number of nitrogens with zero attached hydrogens (tertiary/aromatic N) is 1. The fourth-order valence-electron chi connectivity index (χ4n) is 3.04. The predicted octanol–water partition coefficient (Wildman–Crippen LogP) is 1.98. The maximum Gasteiger partial charge on any atom is 0.191 e. The van der Waals surface area contributed by atoms with E-state index in [1.165, 1.54) is 0 Å². The van der Waals surface area contributed by atoms with Crippen LogP contribution >= 0.6 is 11.6 Å². The molecule has 1 aromatic carbocycles. The summed E-state index contributed by atoms with van der Waals surface area (Å²) in [5.74, 6) is 0.702. The Hall–Kier alpha value is -1.34. The van der Waals surface area contributed by atoms with Gasteiger partial charge in [-0.1, -0.05) is 23.7 Å². The molecule has 3 N–H and O–H groups in total. The Labute approximate surface area is 154 Å². The van der Waals surface area contributed by atoms with Gasteiger partial charge in [-0.25, -0.2) is 0 Å². The van der Waals surface area contributed by atoms with Crippen molar-refractivity contribution in [2.45, 2.75) is 18.9 Å². The van der Waals surface area contributed by atoms with Crippen LogP contribution in [0.25, 0.3) is 0 Å². The van der Waals surface area contributed by atoms with E-state index in [0.717, 1.165) is 25.0 Å². The van der Waals surface area contributed by atoms with Crippen molar-refractivity contribution in [2.75, 3.05) is 47.1 Å². The molecule has 1 saturated heterocycles. The zero-order valence-electron chi connectivity index (χ0n) is 14.9. The number of halogens is 1. The molecule has 6 nitrogen and oxygen atoms in total. The number of methoxy groups -OCH3 is 1. The van der Waals surface area contributed by atoms with Gasteiger partial charge in [0.25, 0.3) is 0 Å². The largest absolute Gasteiger partial charge is 0.396 e. The summed E-state index contributed by atoms with van der Waals surface area (Å²) < 4.78 is 11.1. The highest BCUT2D eigenvalue weighted by Crippen LogP contribution is 2.31. The van der Waals surface area contributed by atoms with Gasteiger partial charge in [-0.05, 0) is 30.5 Å². The molecule has 140 valence electrons. The molecule has 2 rings (SSSR count). The van der Waals surface area contributed by atoms with Gasteiger partial charge >= 0.3 is 0 Å². The predicted molar refractivity (Wildman–Crippen MR) is 100 cm³/mol. The highest BCUT2D eigenvalue weighted by Gasteiger charge is 2.34. The van der Waals surface area contributed by atoms with E-state index < -0.39 is 0 Å². The molecule has 1 aromatic rings. The minimum absolute atomic E-state index is 0.0278.